The maximum Gasteiger partial charge on any atom is 1.00 e. The summed E-state index contributed by atoms with van der Waals surface area (Å²) < 4.78 is 35.7. The number of rotatable bonds is 4. The maximum atomic E-state index is 10.9. The molecule has 0 radical (unpaired) electrons. The SMILES string of the molecule is CCOc1ccc(C(=O)[O-])c(S(=O)(=O)O)c1.[K+]. The summed E-state index contributed by atoms with van der Waals surface area (Å²) in [6.07, 6.45) is 0. The Morgan fingerprint density at radius 2 is 2.06 bits per heavy atom. The summed E-state index contributed by atoms with van der Waals surface area (Å²) in [5, 5.41) is 10.6. The van der Waals surface area contributed by atoms with Crippen LogP contribution in [0.25, 0.3) is 0 Å². The summed E-state index contributed by atoms with van der Waals surface area (Å²) in [6.45, 7) is 1.97. The van der Waals surface area contributed by atoms with Crippen molar-refractivity contribution < 1.29 is 79.0 Å². The van der Waals surface area contributed by atoms with E-state index in [0.29, 0.717) is 0 Å². The standard InChI is InChI=1S/C9H10O6S.K/c1-2-15-6-3-4-7(9(10)11)8(5-6)16(12,13)14;/h3-5H,2H2,1H3,(H,10,11)(H,12,13,14);/q;+1/p-1. The van der Waals surface area contributed by atoms with Gasteiger partial charge in [0.25, 0.3) is 10.1 Å². The quantitative estimate of drug-likeness (QED) is 0.459. The molecule has 1 rings (SSSR count). The molecule has 0 heterocycles. The van der Waals surface area contributed by atoms with E-state index in [1.54, 1.807) is 6.92 Å². The minimum atomic E-state index is -4.62. The van der Waals surface area contributed by atoms with Crippen LogP contribution in [0, 0.1) is 0 Å². The summed E-state index contributed by atoms with van der Waals surface area (Å²) in [5.41, 5.74) is -0.606. The van der Waals surface area contributed by atoms with Crippen molar-refractivity contribution in [3.8, 4) is 5.75 Å². The number of carboxylic acids is 1. The number of carbonyl (C=O) groups excluding carboxylic acids is 1. The van der Waals surface area contributed by atoms with Gasteiger partial charge in [0, 0.05) is 11.6 Å². The summed E-state index contributed by atoms with van der Waals surface area (Å²) in [5.74, 6) is -1.53. The third kappa shape index (κ3) is 4.66. The zero-order valence-electron chi connectivity index (χ0n) is 9.34. The normalized spacial score (nSPS) is 10.5. The van der Waals surface area contributed by atoms with E-state index in [0.717, 1.165) is 12.1 Å². The largest absolute Gasteiger partial charge is 1.00 e. The second-order valence-corrected chi connectivity index (χ2v) is 4.24. The molecule has 0 aliphatic carbocycles. The predicted molar refractivity (Wildman–Crippen MR) is 51.8 cm³/mol. The summed E-state index contributed by atoms with van der Waals surface area (Å²) in [6, 6.07) is 3.22. The fourth-order valence-electron chi connectivity index (χ4n) is 1.14. The first-order valence-corrected chi connectivity index (χ1v) is 5.76. The Kier molecular flexibility index (Phi) is 6.85. The van der Waals surface area contributed by atoms with E-state index in [2.05, 4.69) is 0 Å². The van der Waals surface area contributed by atoms with Gasteiger partial charge >= 0.3 is 51.4 Å². The van der Waals surface area contributed by atoms with E-state index >= 15 is 0 Å². The van der Waals surface area contributed by atoms with Crippen LogP contribution in [0.5, 0.6) is 5.75 Å². The van der Waals surface area contributed by atoms with Gasteiger partial charge in [-0.1, -0.05) is 0 Å². The van der Waals surface area contributed by atoms with Crippen LogP contribution in [0.15, 0.2) is 23.1 Å². The van der Waals surface area contributed by atoms with Crippen molar-refractivity contribution in [3.05, 3.63) is 23.8 Å². The monoisotopic (exact) mass is 284 g/mol. The van der Waals surface area contributed by atoms with Crippen molar-refractivity contribution in [2.24, 2.45) is 0 Å². The molecule has 1 aromatic carbocycles. The first-order chi connectivity index (χ1) is 7.36. The van der Waals surface area contributed by atoms with Crippen molar-refractivity contribution in [1.82, 2.24) is 0 Å². The molecule has 0 bridgehead atoms. The van der Waals surface area contributed by atoms with Crippen LogP contribution in [-0.4, -0.2) is 25.5 Å². The predicted octanol–water partition coefficient (Wildman–Crippen LogP) is -3.30. The maximum absolute atomic E-state index is 10.9. The molecule has 0 spiro atoms. The Labute approximate surface area is 141 Å². The van der Waals surface area contributed by atoms with Crippen molar-refractivity contribution in [1.29, 1.82) is 0 Å². The van der Waals surface area contributed by atoms with Crippen molar-refractivity contribution in [3.63, 3.8) is 0 Å². The molecule has 6 nitrogen and oxygen atoms in total. The minimum Gasteiger partial charge on any atom is -0.545 e. The van der Waals surface area contributed by atoms with E-state index in [1.807, 2.05) is 0 Å². The third-order valence-corrected chi connectivity index (χ3v) is 2.66. The average molecular weight is 284 g/mol. The molecule has 17 heavy (non-hydrogen) atoms. The summed E-state index contributed by atoms with van der Waals surface area (Å²) >= 11 is 0. The molecular weight excluding hydrogens is 275 g/mol. The van der Waals surface area contributed by atoms with Gasteiger partial charge in [0.05, 0.1) is 12.6 Å². The Morgan fingerprint density at radius 3 is 2.47 bits per heavy atom. The van der Waals surface area contributed by atoms with Gasteiger partial charge in [-0.25, -0.2) is 0 Å². The summed E-state index contributed by atoms with van der Waals surface area (Å²) in [7, 11) is -4.62. The van der Waals surface area contributed by atoms with Crippen LogP contribution in [0.4, 0.5) is 0 Å². The number of hydrogen-bond donors (Lipinski definition) is 1. The first-order valence-electron chi connectivity index (χ1n) is 4.32. The number of carbonyl (C=O) groups is 1. The molecule has 0 aromatic heterocycles. The van der Waals surface area contributed by atoms with Crippen LogP contribution in [0.2, 0.25) is 0 Å². The Hall–Kier alpha value is 0.0364. The summed E-state index contributed by atoms with van der Waals surface area (Å²) in [4.78, 5) is 9.87. The molecule has 0 amide bonds. The van der Waals surface area contributed by atoms with Crippen molar-refractivity contribution in [2.75, 3.05) is 6.61 Å². The molecule has 0 unspecified atom stereocenters. The Bertz CT molecular complexity index is 510. The van der Waals surface area contributed by atoms with Gasteiger partial charge in [0.15, 0.2) is 0 Å². The van der Waals surface area contributed by atoms with Gasteiger partial charge in [-0.15, -0.1) is 0 Å². The van der Waals surface area contributed by atoms with Gasteiger partial charge in [0.2, 0.25) is 0 Å². The molecular formula is C9H9KO6S. The third-order valence-electron chi connectivity index (χ3n) is 1.76. The molecule has 0 saturated carbocycles. The van der Waals surface area contributed by atoms with Crippen molar-refractivity contribution >= 4 is 16.1 Å². The Morgan fingerprint density at radius 1 is 1.47 bits per heavy atom. The molecule has 0 aliphatic heterocycles. The Balaban J connectivity index is 0.00000256. The van der Waals surface area contributed by atoms with E-state index in [1.165, 1.54) is 6.07 Å². The van der Waals surface area contributed by atoms with Gasteiger partial charge in [-0.3, -0.25) is 4.55 Å². The molecule has 0 fully saturated rings. The second kappa shape index (κ2) is 6.83. The first kappa shape index (κ1) is 17.0. The number of carboxylic acid groups (broad SMARTS) is 1. The smallest absolute Gasteiger partial charge is 0.545 e. The zero-order chi connectivity index (χ0) is 12.3. The number of benzene rings is 1. The second-order valence-electron chi connectivity index (χ2n) is 2.85. The van der Waals surface area contributed by atoms with Gasteiger partial charge in [-0.2, -0.15) is 8.42 Å². The average Bonchev–Trinajstić information content (AvgIpc) is 2.16. The van der Waals surface area contributed by atoms with E-state index in [-0.39, 0.29) is 63.7 Å². The molecule has 0 aliphatic rings. The van der Waals surface area contributed by atoms with Crippen LogP contribution >= 0.6 is 0 Å². The molecule has 0 saturated heterocycles. The van der Waals surface area contributed by atoms with E-state index in [4.69, 9.17) is 9.29 Å². The molecule has 0 atom stereocenters. The van der Waals surface area contributed by atoms with E-state index < -0.39 is 26.5 Å². The van der Waals surface area contributed by atoms with Crippen LogP contribution in [0.1, 0.15) is 17.3 Å². The van der Waals surface area contributed by atoms with Crippen LogP contribution in [-0.2, 0) is 10.1 Å². The van der Waals surface area contributed by atoms with E-state index in [9.17, 15) is 18.3 Å². The molecule has 1 aromatic rings. The van der Waals surface area contributed by atoms with Gasteiger partial charge in [0.1, 0.15) is 10.6 Å². The van der Waals surface area contributed by atoms with Gasteiger partial charge in [-0.05, 0) is 19.1 Å². The van der Waals surface area contributed by atoms with Crippen LogP contribution in [0.3, 0.4) is 0 Å². The van der Waals surface area contributed by atoms with Gasteiger partial charge < -0.3 is 14.6 Å². The topological polar surface area (TPSA) is 104 Å². The number of ether oxygens (including phenoxy) is 1. The zero-order valence-corrected chi connectivity index (χ0v) is 13.3. The number of hydrogen-bond acceptors (Lipinski definition) is 5. The molecule has 8 heteroatoms. The fraction of sp³-hybridized carbons (Fsp3) is 0.222. The molecule has 1 N–H and O–H groups in total. The van der Waals surface area contributed by atoms with Crippen molar-refractivity contribution in [2.45, 2.75) is 11.8 Å². The molecule has 88 valence electrons. The minimum absolute atomic E-state index is 0. The van der Waals surface area contributed by atoms with Crippen LogP contribution < -0.4 is 61.2 Å². The number of aromatic carboxylic acids is 1. The fourth-order valence-corrected chi connectivity index (χ4v) is 1.84.